The summed E-state index contributed by atoms with van der Waals surface area (Å²) in [5, 5.41) is 1.12. The number of rotatable bonds is 1. The second-order valence-corrected chi connectivity index (χ2v) is 6.65. The lowest BCUT2D eigenvalue weighted by Gasteiger charge is -2.11. The minimum absolute atomic E-state index is 0.0594. The molecule has 0 aliphatic heterocycles. The van der Waals surface area contributed by atoms with Gasteiger partial charge in [0.2, 0.25) is 0 Å². The molecule has 0 atom stereocenters. The molecule has 0 bridgehead atoms. The van der Waals surface area contributed by atoms with Crippen molar-refractivity contribution in [3.8, 4) is 0 Å². The van der Waals surface area contributed by atoms with Crippen molar-refractivity contribution in [1.29, 1.82) is 0 Å². The third kappa shape index (κ3) is 1.50. The highest BCUT2D eigenvalue weighted by molar-refractivity contribution is 7.25. The molecule has 4 nitrogen and oxygen atoms in total. The first-order valence-corrected chi connectivity index (χ1v) is 7.80. The second kappa shape index (κ2) is 4.12. The number of pyridine rings is 1. The van der Waals surface area contributed by atoms with Crippen molar-refractivity contribution in [3.05, 3.63) is 33.5 Å². The van der Waals surface area contributed by atoms with E-state index in [1.165, 1.54) is 40.9 Å². The van der Waals surface area contributed by atoms with Crippen LogP contribution in [-0.4, -0.2) is 15.0 Å². The van der Waals surface area contributed by atoms with Gasteiger partial charge in [-0.15, -0.1) is 11.3 Å². The Labute approximate surface area is 119 Å². The minimum atomic E-state index is -0.0594. The van der Waals surface area contributed by atoms with Crippen LogP contribution in [0.3, 0.4) is 0 Å². The van der Waals surface area contributed by atoms with Crippen LogP contribution in [0.15, 0.2) is 11.1 Å². The number of nitrogens with zero attached hydrogens (tertiary/aromatic N) is 2. The molecule has 0 spiro atoms. The number of thiophene rings is 1. The van der Waals surface area contributed by atoms with Crippen LogP contribution in [0.4, 0.5) is 0 Å². The van der Waals surface area contributed by atoms with Crippen molar-refractivity contribution < 1.29 is 0 Å². The first-order chi connectivity index (χ1) is 9.66. The van der Waals surface area contributed by atoms with E-state index in [0.717, 1.165) is 28.6 Å². The summed E-state index contributed by atoms with van der Waals surface area (Å²) < 4.78 is 0.699. The van der Waals surface area contributed by atoms with Gasteiger partial charge in [0.25, 0.3) is 5.56 Å². The van der Waals surface area contributed by atoms with Crippen LogP contribution in [0.2, 0.25) is 0 Å². The Morgan fingerprint density at radius 1 is 1.30 bits per heavy atom. The predicted octanol–water partition coefficient (Wildman–Crippen LogP) is 3.14. The third-order valence-electron chi connectivity index (χ3n) is 4.06. The van der Waals surface area contributed by atoms with Crippen molar-refractivity contribution >= 4 is 31.8 Å². The van der Waals surface area contributed by atoms with Crippen LogP contribution < -0.4 is 5.56 Å². The Bertz CT molecular complexity index is 891. The lowest BCUT2D eigenvalue weighted by atomic mass is 9.99. The zero-order chi connectivity index (χ0) is 13.9. The molecule has 0 amide bonds. The third-order valence-corrected chi connectivity index (χ3v) is 5.13. The maximum atomic E-state index is 12.0. The molecule has 3 heterocycles. The van der Waals surface area contributed by atoms with E-state index in [0.29, 0.717) is 10.6 Å². The largest absolute Gasteiger partial charge is 0.312 e. The van der Waals surface area contributed by atoms with Gasteiger partial charge in [0.1, 0.15) is 9.53 Å². The predicted molar refractivity (Wildman–Crippen MR) is 81.7 cm³/mol. The maximum absolute atomic E-state index is 12.0. The Kier molecular flexibility index (Phi) is 2.48. The molecular weight excluding hydrogens is 270 g/mol. The lowest BCUT2D eigenvalue weighted by molar-refractivity contribution is 0.805. The van der Waals surface area contributed by atoms with Gasteiger partial charge >= 0.3 is 0 Å². The summed E-state index contributed by atoms with van der Waals surface area (Å²) in [6.45, 7) is 4.37. The summed E-state index contributed by atoms with van der Waals surface area (Å²) in [6.07, 6.45) is 4.85. The summed E-state index contributed by atoms with van der Waals surface area (Å²) >= 11 is 1.47. The molecule has 0 unspecified atom stereocenters. The van der Waals surface area contributed by atoms with Gasteiger partial charge in [-0.2, -0.15) is 0 Å². The van der Waals surface area contributed by atoms with Crippen LogP contribution in [0.5, 0.6) is 0 Å². The van der Waals surface area contributed by atoms with Crippen LogP contribution in [0.25, 0.3) is 20.4 Å². The molecule has 1 N–H and O–H groups in total. The van der Waals surface area contributed by atoms with Crippen molar-refractivity contribution in [2.24, 2.45) is 0 Å². The average molecular weight is 285 g/mol. The average Bonchev–Trinajstić information content (AvgIpc) is 3.00. The molecule has 0 saturated carbocycles. The quantitative estimate of drug-likeness (QED) is 0.747. The lowest BCUT2D eigenvalue weighted by Crippen LogP contribution is -2.03. The first kappa shape index (κ1) is 12.0. The van der Waals surface area contributed by atoms with E-state index in [1.807, 2.05) is 0 Å². The second-order valence-electron chi connectivity index (χ2n) is 5.65. The van der Waals surface area contributed by atoms with Gasteiger partial charge in [-0.3, -0.25) is 4.79 Å². The summed E-state index contributed by atoms with van der Waals surface area (Å²) in [6, 6.07) is 0. The monoisotopic (exact) mass is 285 g/mol. The maximum Gasteiger partial charge on any atom is 0.268 e. The molecule has 4 rings (SSSR count). The zero-order valence-electron chi connectivity index (χ0n) is 11.5. The van der Waals surface area contributed by atoms with Crippen LogP contribution in [0.1, 0.15) is 43.0 Å². The molecule has 102 valence electrons. The van der Waals surface area contributed by atoms with Crippen molar-refractivity contribution in [3.63, 3.8) is 0 Å². The van der Waals surface area contributed by atoms with Crippen LogP contribution in [-0.2, 0) is 12.8 Å². The van der Waals surface area contributed by atoms with Crippen molar-refractivity contribution in [2.75, 3.05) is 0 Å². The molecular formula is C15H15N3OS. The Balaban J connectivity index is 2.23. The summed E-state index contributed by atoms with van der Waals surface area (Å²) in [5.41, 5.74) is 4.75. The number of aromatic nitrogens is 3. The highest BCUT2D eigenvalue weighted by Gasteiger charge is 2.24. The molecule has 3 aromatic rings. The van der Waals surface area contributed by atoms with E-state index < -0.39 is 0 Å². The number of fused-ring (bicyclic) bond motifs is 5. The smallest absolute Gasteiger partial charge is 0.268 e. The number of aryl methyl sites for hydroxylation is 1. The molecule has 0 radical (unpaired) electrons. The van der Waals surface area contributed by atoms with Gasteiger partial charge in [0.15, 0.2) is 0 Å². The summed E-state index contributed by atoms with van der Waals surface area (Å²) in [7, 11) is 0. The normalized spacial score (nSPS) is 14.6. The molecule has 0 aromatic carbocycles. The topological polar surface area (TPSA) is 58.6 Å². The number of hydrogen-bond donors (Lipinski definition) is 1. The highest BCUT2D eigenvalue weighted by atomic mass is 32.1. The van der Waals surface area contributed by atoms with Crippen molar-refractivity contribution in [2.45, 2.75) is 39.0 Å². The highest BCUT2D eigenvalue weighted by Crippen LogP contribution is 2.39. The molecule has 1 aliphatic rings. The fraction of sp³-hybridized carbons (Fsp3) is 0.400. The standard InChI is InChI=1S/C15H15N3OS/c1-7(2)11-9-5-3-4-8(9)10-12-13(20-15(10)18-11)14(19)17-6-16-12/h6-7H,3-5H2,1-2H3,(H,16,17,19). The Morgan fingerprint density at radius 2 is 2.10 bits per heavy atom. The Morgan fingerprint density at radius 3 is 2.90 bits per heavy atom. The number of nitrogens with one attached hydrogen (secondary N) is 1. The van der Waals surface area contributed by atoms with Crippen molar-refractivity contribution in [1.82, 2.24) is 15.0 Å². The number of H-pyrrole nitrogens is 1. The van der Waals surface area contributed by atoms with E-state index in [4.69, 9.17) is 4.98 Å². The van der Waals surface area contributed by atoms with Gasteiger partial charge < -0.3 is 4.98 Å². The molecule has 0 saturated heterocycles. The fourth-order valence-corrected chi connectivity index (χ4v) is 4.28. The van der Waals surface area contributed by atoms with E-state index in [-0.39, 0.29) is 5.56 Å². The number of aromatic amines is 1. The van der Waals surface area contributed by atoms with E-state index in [2.05, 4.69) is 23.8 Å². The first-order valence-electron chi connectivity index (χ1n) is 6.98. The van der Waals surface area contributed by atoms with E-state index >= 15 is 0 Å². The Hall–Kier alpha value is -1.75. The molecule has 5 heteroatoms. The molecule has 0 fully saturated rings. The summed E-state index contributed by atoms with van der Waals surface area (Å²) in [4.78, 5) is 24.8. The van der Waals surface area contributed by atoms with Crippen LogP contribution >= 0.6 is 11.3 Å². The molecule has 20 heavy (non-hydrogen) atoms. The fourth-order valence-electron chi connectivity index (χ4n) is 3.22. The van der Waals surface area contributed by atoms with Crippen LogP contribution in [0, 0.1) is 0 Å². The minimum Gasteiger partial charge on any atom is -0.312 e. The molecule has 3 aromatic heterocycles. The SMILES string of the molecule is CC(C)c1nc2sc3c(=O)[nH]cnc3c2c2c1CCC2. The van der Waals surface area contributed by atoms with E-state index in [1.54, 1.807) is 0 Å². The van der Waals surface area contributed by atoms with Gasteiger partial charge in [-0.05, 0) is 36.3 Å². The van der Waals surface area contributed by atoms with Gasteiger partial charge in [0.05, 0.1) is 11.8 Å². The van der Waals surface area contributed by atoms with Gasteiger partial charge in [-0.25, -0.2) is 9.97 Å². The molecule has 1 aliphatic carbocycles. The van der Waals surface area contributed by atoms with E-state index in [9.17, 15) is 4.79 Å². The summed E-state index contributed by atoms with van der Waals surface area (Å²) in [5.74, 6) is 0.419. The van der Waals surface area contributed by atoms with Gasteiger partial charge in [0, 0.05) is 11.1 Å². The zero-order valence-corrected chi connectivity index (χ0v) is 12.3. The van der Waals surface area contributed by atoms with Gasteiger partial charge in [-0.1, -0.05) is 13.8 Å². The number of hydrogen-bond acceptors (Lipinski definition) is 4.